The molecule has 0 amide bonds. The van der Waals surface area contributed by atoms with Gasteiger partial charge in [-0.25, -0.2) is 4.98 Å². The van der Waals surface area contributed by atoms with Crippen LogP contribution in [0.15, 0.2) is 59.7 Å². The summed E-state index contributed by atoms with van der Waals surface area (Å²) in [6.45, 7) is 0. The molecule has 0 atom stereocenters. The number of nitrogens with one attached hydrogen (secondary N) is 1. The maximum atomic E-state index is 10.8. The van der Waals surface area contributed by atoms with E-state index in [0.717, 1.165) is 10.9 Å². The Hall–Kier alpha value is -3.48. The second-order valence-electron chi connectivity index (χ2n) is 4.76. The number of nitro benzene ring substituents is 1. The van der Waals surface area contributed by atoms with Crippen LogP contribution in [-0.2, 0) is 0 Å². The first-order valence-electron chi connectivity index (χ1n) is 6.76. The molecule has 23 heavy (non-hydrogen) atoms. The minimum absolute atomic E-state index is 0.363. The number of phenols is 1. The smallest absolute Gasteiger partial charge is 0.311 e. The number of nitrogens with zero attached hydrogens (tertiary/aromatic N) is 3. The van der Waals surface area contributed by atoms with Gasteiger partial charge in [0, 0.05) is 17.0 Å². The summed E-state index contributed by atoms with van der Waals surface area (Å²) in [6.07, 6.45) is 1.42. The first-order chi connectivity index (χ1) is 11.1. The van der Waals surface area contributed by atoms with Crippen molar-refractivity contribution in [3.63, 3.8) is 0 Å². The molecule has 3 rings (SSSR count). The van der Waals surface area contributed by atoms with Crippen LogP contribution in [0.3, 0.4) is 0 Å². The van der Waals surface area contributed by atoms with Crippen LogP contribution in [0.2, 0.25) is 0 Å². The summed E-state index contributed by atoms with van der Waals surface area (Å²) in [5, 5.41) is 25.2. The average molecular weight is 308 g/mol. The topological polar surface area (TPSA) is 101 Å². The maximum absolute atomic E-state index is 10.8. The highest BCUT2D eigenvalue weighted by molar-refractivity contribution is 5.83. The van der Waals surface area contributed by atoms with Crippen LogP contribution in [0.1, 0.15) is 5.56 Å². The monoisotopic (exact) mass is 308 g/mol. The zero-order chi connectivity index (χ0) is 16.2. The summed E-state index contributed by atoms with van der Waals surface area (Å²) in [5.41, 5.74) is 3.74. The molecular formula is C16H12N4O3. The van der Waals surface area contributed by atoms with Gasteiger partial charge in [-0.1, -0.05) is 18.2 Å². The molecule has 1 heterocycles. The van der Waals surface area contributed by atoms with E-state index in [-0.39, 0.29) is 11.4 Å². The van der Waals surface area contributed by atoms with Crippen molar-refractivity contribution in [1.29, 1.82) is 0 Å². The van der Waals surface area contributed by atoms with Gasteiger partial charge in [0.25, 0.3) is 0 Å². The second kappa shape index (κ2) is 6.10. The molecule has 0 fully saturated rings. The summed E-state index contributed by atoms with van der Waals surface area (Å²) < 4.78 is 0. The number of aromatic hydroxyl groups is 1. The molecule has 0 aliphatic rings. The molecule has 2 aromatic carbocycles. The Morgan fingerprint density at radius 2 is 2.00 bits per heavy atom. The van der Waals surface area contributed by atoms with Gasteiger partial charge >= 0.3 is 5.69 Å². The fourth-order valence-corrected chi connectivity index (χ4v) is 2.07. The fourth-order valence-electron chi connectivity index (χ4n) is 2.07. The molecule has 0 aliphatic heterocycles. The number of benzene rings is 2. The number of aromatic nitrogens is 1. The van der Waals surface area contributed by atoms with Crippen molar-refractivity contribution < 1.29 is 10.0 Å². The van der Waals surface area contributed by atoms with Crippen LogP contribution in [0, 0.1) is 10.1 Å². The van der Waals surface area contributed by atoms with E-state index in [9.17, 15) is 15.2 Å². The number of nitro groups is 1. The highest BCUT2D eigenvalue weighted by atomic mass is 16.6. The van der Waals surface area contributed by atoms with Gasteiger partial charge in [-0.2, -0.15) is 5.10 Å². The molecule has 1 aromatic heterocycles. The second-order valence-corrected chi connectivity index (χ2v) is 4.76. The summed E-state index contributed by atoms with van der Waals surface area (Å²) in [4.78, 5) is 14.5. The molecular weight excluding hydrogens is 296 g/mol. The first kappa shape index (κ1) is 14.5. The number of pyridine rings is 1. The third-order valence-electron chi connectivity index (χ3n) is 3.19. The molecule has 7 heteroatoms. The zero-order valence-corrected chi connectivity index (χ0v) is 11.9. The van der Waals surface area contributed by atoms with Crippen molar-refractivity contribution in [2.24, 2.45) is 5.10 Å². The minimum atomic E-state index is -0.648. The number of hydrogen-bond acceptors (Lipinski definition) is 6. The number of anilines is 1. The van der Waals surface area contributed by atoms with E-state index in [4.69, 9.17) is 0 Å². The lowest BCUT2D eigenvalue weighted by molar-refractivity contribution is -0.385. The van der Waals surface area contributed by atoms with Crippen molar-refractivity contribution in [1.82, 2.24) is 4.98 Å². The van der Waals surface area contributed by atoms with Gasteiger partial charge < -0.3 is 5.11 Å². The van der Waals surface area contributed by atoms with Crippen molar-refractivity contribution >= 4 is 28.6 Å². The van der Waals surface area contributed by atoms with E-state index < -0.39 is 4.92 Å². The lowest BCUT2D eigenvalue weighted by Crippen LogP contribution is -1.95. The quantitative estimate of drug-likeness (QED) is 0.437. The molecule has 114 valence electrons. The Balaban J connectivity index is 1.77. The molecule has 0 saturated carbocycles. The van der Waals surface area contributed by atoms with Gasteiger partial charge in [0.1, 0.15) is 5.82 Å². The summed E-state index contributed by atoms with van der Waals surface area (Å²) in [5.74, 6) is 0.185. The molecule has 2 N–H and O–H groups in total. The number of fused-ring (bicyclic) bond motifs is 1. The van der Waals surface area contributed by atoms with Gasteiger partial charge in [-0.15, -0.1) is 0 Å². The van der Waals surface area contributed by atoms with E-state index in [0.29, 0.717) is 11.4 Å². The first-order valence-corrected chi connectivity index (χ1v) is 6.76. The molecule has 0 unspecified atom stereocenters. The highest BCUT2D eigenvalue weighted by Gasteiger charge is 2.12. The largest absolute Gasteiger partial charge is 0.502 e. The normalized spacial score (nSPS) is 11.0. The van der Waals surface area contributed by atoms with E-state index >= 15 is 0 Å². The molecule has 0 spiro atoms. The van der Waals surface area contributed by atoms with E-state index in [1.165, 1.54) is 24.4 Å². The fraction of sp³-hybridized carbons (Fsp3) is 0. The lowest BCUT2D eigenvalue weighted by Gasteiger charge is -2.02. The summed E-state index contributed by atoms with van der Waals surface area (Å²) >= 11 is 0. The standard InChI is InChI=1S/C16H12N4O3/c21-15-7-5-11(9-14(15)20(22)23)10-17-19-16-8-6-12-3-1-2-4-13(12)18-16/h1-10,21H,(H,18,19)/b17-10-. The molecule has 0 radical (unpaired) electrons. The number of hydrazone groups is 1. The maximum Gasteiger partial charge on any atom is 0.311 e. The minimum Gasteiger partial charge on any atom is -0.502 e. The number of para-hydroxylation sites is 1. The van der Waals surface area contributed by atoms with E-state index in [1.807, 2.05) is 30.3 Å². The van der Waals surface area contributed by atoms with E-state index in [1.54, 1.807) is 6.07 Å². The Morgan fingerprint density at radius 3 is 2.83 bits per heavy atom. The number of rotatable bonds is 4. The Kier molecular flexibility index (Phi) is 3.84. The van der Waals surface area contributed by atoms with Gasteiger partial charge in [0.2, 0.25) is 0 Å². The van der Waals surface area contributed by atoms with Gasteiger partial charge in [-0.3, -0.25) is 15.5 Å². The van der Waals surface area contributed by atoms with Crippen molar-refractivity contribution in [2.75, 3.05) is 5.43 Å². The number of phenolic OH excluding ortho intramolecular Hbond substituents is 1. The van der Waals surface area contributed by atoms with Crippen LogP contribution < -0.4 is 5.43 Å². The molecule has 7 nitrogen and oxygen atoms in total. The van der Waals surface area contributed by atoms with Gasteiger partial charge in [0.15, 0.2) is 5.75 Å². The predicted octanol–water partition coefficient (Wildman–Crippen LogP) is 3.29. The van der Waals surface area contributed by atoms with Crippen LogP contribution in [0.25, 0.3) is 10.9 Å². The summed E-state index contributed by atoms with van der Waals surface area (Å²) in [6, 6.07) is 15.4. The third kappa shape index (κ3) is 3.24. The predicted molar refractivity (Wildman–Crippen MR) is 87.7 cm³/mol. The molecule has 0 bridgehead atoms. The van der Waals surface area contributed by atoms with Crippen molar-refractivity contribution in [3.8, 4) is 5.75 Å². The number of hydrogen-bond donors (Lipinski definition) is 2. The Morgan fingerprint density at radius 1 is 1.17 bits per heavy atom. The van der Waals surface area contributed by atoms with Crippen molar-refractivity contribution in [2.45, 2.75) is 0 Å². The van der Waals surface area contributed by atoms with E-state index in [2.05, 4.69) is 15.5 Å². The SMILES string of the molecule is O=[N+]([O-])c1cc(/C=N\Nc2ccc3ccccc3n2)ccc1O. The molecule has 0 saturated heterocycles. The van der Waals surface area contributed by atoms with Crippen LogP contribution in [-0.4, -0.2) is 21.2 Å². The lowest BCUT2D eigenvalue weighted by atomic mass is 10.2. The molecule has 3 aromatic rings. The Labute approximate surface area is 131 Å². The van der Waals surface area contributed by atoms with Crippen LogP contribution in [0.5, 0.6) is 5.75 Å². The molecule has 0 aliphatic carbocycles. The van der Waals surface area contributed by atoms with Crippen molar-refractivity contribution in [3.05, 3.63) is 70.3 Å². The van der Waals surface area contributed by atoms with Crippen LogP contribution in [0.4, 0.5) is 11.5 Å². The van der Waals surface area contributed by atoms with Gasteiger partial charge in [0.05, 0.1) is 16.7 Å². The Bertz CT molecular complexity index is 909. The zero-order valence-electron chi connectivity index (χ0n) is 11.9. The highest BCUT2D eigenvalue weighted by Crippen LogP contribution is 2.25. The average Bonchev–Trinajstić information content (AvgIpc) is 2.56. The summed E-state index contributed by atoms with van der Waals surface area (Å²) in [7, 11) is 0. The van der Waals surface area contributed by atoms with Gasteiger partial charge in [-0.05, 0) is 30.3 Å². The third-order valence-corrected chi connectivity index (χ3v) is 3.19. The van der Waals surface area contributed by atoms with Crippen LogP contribution >= 0.6 is 0 Å².